The highest BCUT2D eigenvalue weighted by Crippen LogP contribution is 2.30. The van der Waals surface area contributed by atoms with E-state index in [1.54, 1.807) is 17.9 Å². The Labute approximate surface area is 100 Å². The topological polar surface area (TPSA) is 67.6 Å². The third-order valence-corrected chi connectivity index (χ3v) is 2.97. The largest absolute Gasteiger partial charge is 0.383 e. The maximum atomic E-state index is 9.05. The lowest BCUT2D eigenvalue weighted by Gasteiger charge is -2.08. The summed E-state index contributed by atoms with van der Waals surface area (Å²) in [4.78, 5) is 0. The highest BCUT2D eigenvalue weighted by molar-refractivity contribution is 5.77. The second kappa shape index (κ2) is 3.95. The van der Waals surface area contributed by atoms with Gasteiger partial charge in [0.25, 0.3) is 0 Å². The maximum Gasteiger partial charge on any atom is 0.129 e. The molecule has 86 valence electrons. The molecule has 0 unspecified atom stereocenters. The van der Waals surface area contributed by atoms with Gasteiger partial charge in [-0.05, 0) is 36.6 Å². The van der Waals surface area contributed by atoms with E-state index in [-0.39, 0.29) is 0 Å². The van der Waals surface area contributed by atoms with E-state index in [1.165, 1.54) is 0 Å². The lowest BCUT2D eigenvalue weighted by atomic mass is 9.97. The fourth-order valence-electron chi connectivity index (χ4n) is 1.92. The van der Waals surface area contributed by atoms with Crippen molar-refractivity contribution < 1.29 is 0 Å². The van der Waals surface area contributed by atoms with Crippen LogP contribution in [-0.2, 0) is 7.05 Å². The summed E-state index contributed by atoms with van der Waals surface area (Å²) in [6.07, 6.45) is 1.73. The zero-order valence-corrected chi connectivity index (χ0v) is 10.2. The van der Waals surface area contributed by atoms with Gasteiger partial charge >= 0.3 is 0 Å². The first-order valence-corrected chi connectivity index (χ1v) is 5.33. The molecule has 0 aliphatic carbocycles. The molecule has 0 bridgehead atoms. The van der Waals surface area contributed by atoms with E-state index in [0.29, 0.717) is 11.4 Å². The standard InChI is InChI=1S/C13H14N4/c1-8-4-9(2)11(5-10(8)6-14)12-7-16-17(3)13(12)15/h4-5,7H,15H2,1-3H3. The average Bonchev–Trinajstić information content (AvgIpc) is 2.61. The number of nitrogens with zero attached hydrogens (tertiary/aromatic N) is 3. The fourth-order valence-corrected chi connectivity index (χ4v) is 1.92. The molecular weight excluding hydrogens is 212 g/mol. The van der Waals surface area contributed by atoms with Crippen LogP contribution in [0.4, 0.5) is 5.82 Å². The molecule has 4 heteroatoms. The summed E-state index contributed by atoms with van der Waals surface area (Å²) >= 11 is 0. The summed E-state index contributed by atoms with van der Waals surface area (Å²) in [5, 5.41) is 13.2. The van der Waals surface area contributed by atoms with Crippen molar-refractivity contribution in [3.63, 3.8) is 0 Å². The molecule has 2 rings (SSSR count). The monoisotopic (exact) mass is 226 g/mol. The highest BCUT2D eigenvalue weighted by atomic mass is 15.3. The molecule has 0 aliphatic heterocycles. The van der Waals surface area contributed by atoms with Gasteiger partial charge in [0.1, 0.15) is 5.82 Å². The number of nitriles is 1. The number of aromatic nitrogens is 2. The van der Waals surface area contributed by atoms with E-state index in [4.69, 9.17) is 11.0 Å². The van der Waals surface area contributed by atoms with Crippen LogP contribution < -0.4 is 5.73 Å². The predicted octanol–water partition coefficient (Wildman–Crippen LogP) is 2.16. The van der Waals surface area contributed by atoms with E-state index in [0.717, 1.165) is 22.3 Å². The maximum absolute atomic E-state index is 9.05. The van der Waals surface area contributed by atoms with Crippen LogP contribution in [0.15, 0.2) is 18.3 Å². The molecule has 0 fully saturated rings. The molecule has 2 N–H and O–H groups in total. The van der Waals surface area contributed by atoms with Crippen molar-refractivity contribution >= 4 is 5.82 Å². The van der Waals surface area contributed by atoms with Crippen molar-refractivity contribution in [2.75, 3.05) is 5.73 Å². The summed E-state index contributed by atoms with van der Waals surface area (Å²) in [5.41, 5.74) is 10.6. The summed E-state index contributed by atoms with van der Waals surface area (Å²) in [6.45, 7) is 3.94. The van der Waals surface area contributed by atoms with Gasteiger partial charge in [0.05, 0.1) is 17.8 Å². The molecule has 1 aromatic heterocycles. The number of anilines is 1. The Morgan fingerprint density at radius 1 is 1.24 bits per heavy atom. The first-order chi connectivity index (χ1) is 8.04. The van der Waals surface area contributed by atoms with Crippen molar-refractivity contribution in [1.82, 2.24) is 9.78 Å². The fraction of sp³-hybridized carbons (Fsp3) is 0.231. The Bertz CT molecular complexity index is 617. The molecule has 0 spiro atoms. The quantitative estimate of drug-likeness (QED) is 0.810. The van der Waals surface area contributed by atoms with Gasteiger partial charge in [0.2, 0.25) is 0 Å². The lowest BCUT2D eigenvalue weighted by molar-refractivity contribution is 0.779. The number of hydrogen-bond donors (Lipinski definition) is 1. The van der Waals surface area contributed by atoms with Gasteiger partial charge in [0.15, 0.2) is 0 Å². The van der Waals surface area contributed by atoms with Crippen LogP contribution in [0.25, 0.3) is 11.1 Å². The molecular formula is C13H14N4. The van der Waals surface area contributed by atoms with Gasteiger partial charge < -0.3 is 5.73 Å². The van der Waals surface area contributed by atoms with Gasteiger partial charge in [-0.25, -0.2) is 0 Å². The van der Waals surface area contributed by atoms with Crippen LogP contribution in [0.1, 0.15) is 16.7 Å². The minimum absolute atomic E-state index is 0.612. The molecule has 0 saturated carbocycles. The zero-order chi connectivity index (χ0) is 12.6. The molecule has 0 radical (unpaired) electrons. The van der Waals surface area contributed by atoms with Gasteiger partial charge in [-0.15, -0.1) is 0 Å². The van der Waals surface area contributed by atoms with E-state index in [9.17, 15) is 0 Å². The SMILES string of the molecule is Cc1cc(C)c(-c2cnn(C)c2N)cc1C#N. The Morgan fingerprint density at radius 2 is 1.94 bits per heavy atom. The number of rotatable bonds is 1. The van der Waals surface area contributed by atoms with Crippen molar-refractivity contribution in [3.8, 4) is 17.2 Å². The molecule has 0 amide bonds. The summed E-state index contributed by atoms with van der Waals surface area (Å²) < 4.78 is 1.63. The summed E-state index contributed by atoms with van der Waals surface area (Å²) in [7, 11) is 1.80. The Balaban J connectivity index is 2.68. The second-order valence-electron chi connectivity index (χ2n) is 4.16. The van der Waals surface area contributed by atoms with E-state index >= 15 is 0 Å². The van der Waals surface area contributed by atoms with Gasteiger partial charge in [-0.2, -0.15) is 10.4 Å². The molecule has 1 aromatic carbocycles. The Hall–Kier alpha value is -2.28. The second-order valence-corrected chi connectivity index (χ2v) is 4.16. The van der Waals surface area contributed by atoms with Crippen LogP contribution in [-0.4, -0.2) is 9.78 Å². The molecule has 1 heterocycles. The van der Waals surface area contributed by atoms with Crippen LogP contribution in [0.3, 0.4) is 0 Å². The summed E-state index contributed by atoms with van der Waals surface area (Å²) in [5.74, 6) is 0.612. The van der Waals surface area contributed by atoms with Crippen LogP contribution in [0.5, 0.6) is 0 Å². The Kier molecular flexibility index (Phi) is 2.60. The van der Waals surface area contributed by atoms with E-state index < -0.39 is 0 Å². The first kappa shape index (κ1) is 11.2. The number of benzene rings is 1. The van der Waals surface area contributed by atoms with E-state index in [2.05, 4.69) is 11.2 Å². The number of nitrogens with two attached hydrogens (primary N) is 1. The first-order valence-electron chi connectivity index (χ1n) is 5.33. The zero-order valence-electron chi connectivity index (χ0n) is 10.2. The predicted molar refractivity (Wildman–Crippen MR) is 67.2 cm³/mol. The number of nitrogen functional groups attached to an aromatic ring is 1. The minimum Gasteiger partial charge on any atom is -0.383 e. The molecule has 0 aliphatic rings. The smallest absolute Gasteiger partial charge is 0.129 e. The molecule has 0 atom stereocenters. The normalized spacial score (nSPS) is 10.2. The summed E-state index contributed by atoms with van der Waals surface area (Å²) in [6, 6.07) is 6.06. The number of aryl methyl sites for hydroxylation is 3. The molecule has 4 nitrogen and oxygen atoms in total. The van der Waals surface area contributed by atoms with Crippen LogP contribution >= 0.6 is 0 Å². The van der Waals surface area contributed by atoms with Crippen molar-refractivity contribution in [3.05, 3.63) is 35.0 Å². The van der Waals surface area contributed by atoms with E-state index in [1.807, 2.05) is 26.0 Å². The molecule has 2 aromatic rings. The number of hydrogen-bond acceptors (Lipinski definition) is 3. The van der Waals surface area contributed by atoms with Crippen LogP contribution in [0, 0.1) is 25.2 Å². The van der Waals surface area contributed by atoms with Gasteiger partial charge in [-0.1, -0.05) is 6.07 Å². The molecule has 0 saturated heterocycles. The third kappa shape index (κ3) is 1.76. The van der Waals surface area contributed by atoms with Crippen molar-refractivity contribution in [2.45, 2.75) is 13.8 Å². The minimum atomic E-state index is 0.612. The van der Waals surface area contributed by atoms with Crippen LogP contribution in [0.2, 0.25) is 0 Å². The van der Waals surface area contributed by atoms with Gasteiger partial charge in [0, 0.05) is 12.6 Å². The van der Waals surface area contributed by atoms with Crippen molar-refractivity contribution in [2.24, 2.45) is 7.05 Å². The highest BCUT2D eigenvalue weighted by Gasteiger charge is 2.12. The van der Waals surface area contributed by atoms with Gasteiger partial charge in [-0.3, -0.25) is 4.68 Å². The Morgan fingerprint density at radius 3 is 2.47 bits per heavy atom. The average molecular weight is 226 g/mol. The lowest BCUT2D eigenvalue weighted by Crippen LogP contribution is -1.99. The molecule has 17 heavy (non-hydrogen) atoms. The van der Waals surface area contributed by atoms with Crippen molar-refractivity contribution in [1.29, 1.82) is 5.26 Å². The third-order valence-electron chi connectivity index (χ3n) is 2.97.